The molecule has 0 spiro atoms. The van der Waals surface area contributed by atoms with E-state index in [4.69, 9.17) is 21.1 Å². The minimum absolute atomic E-state index is 0.230. The van der Waals surface area contributed by atoms with Crippen LogP contribution in [0.1, 0.15) is 18.1 Å². The molecule has 0 saturated carbocycles. The molecule has 0 radical (unpaired) electrons. The van der Waals surface area contributed by atoms with Crippen molar-refractivity contribution in [3.8, 4) is 11.5 Å². The second-order valence-electron chi connectivity index (χ2n) is 8.36. The number of urea groups is 1. The van der Waals surface area contributed by atoms with E-state index in [1.165, 1.54) is 12.1 Å². The molecule has 2 N–H and O–H groups in total. The highest BCUT2D eigenvalue weighted by molar-refractivity contribution is 14.1. The van der Waals surface area contributed by atoms with Crippen LogP contribution in [0, 0.1) is 10.5 Å². The highest BCUT2D eigenvalue weighted by Gasteiger charge is 2.37. The number of amides is 5. The normalized spacial score (nSPS) is 14.3. The van der Waals surface area contributed by atoms with Crippen LogP contribution < -0.4 is 25.0 Å². The van der Waals surface area contributed by atoms with E-state index in [1.807, 2.05) is 40.8 Å². The Balaban J connectivity index is 1.60. The first-order valence-corrected chi connectivity index (χ1v) is 13.2. The van der Waals surface area contributed by atoms with Crippen LogP contribution >= 0.6 is 34.2 Å². The second-order valence-corrected chi connectivity index (χ2v) is 9.93. The number of imide groups is 2. The van der Waals surface area contributed by atoms with Gasteiger partial charge in [0, 0.05) is 10.7 Å². The van der Waals surface area contributed by atoms with Gasteiger partial charge in [0.2, 0.25) is 0 Å². The summed E-state index contributed by atoms with van der Waals surface area (Å²) in [5.74, 6) is -1.31. The maximum atomic E-state index is 13.3. The minimum atomic E-state index is -0.871. The molecule has 9 nitrogen and oxygen atoms in total. The van der Waals surface area contributed by atoms with Crippen LogP contribution in [0.25, 0.3) is 6.08 Å². The number of nitrogens with one attached hydrogen (secondary N) is 2. The van der Waals surface area contributed by atoms with Crippen molar-refractivity contribution in [1.29, 1.82) is 0 Å². The lowest BCUT2D eigenvalue weighted by atomic mass is 10.1. The van der Waals surface area contributed by atoms with Gasteiger partial charge in [-0.1, -0.05) is 35.9 Å². The summed E-state index contributed by atoms with van der Waals surface area (Å²) in [6, 6.07) is 16.1. The third-order valence-corrected chi connectivity index (χ3v) is 6.77. The molecule has 200 valence electrons. The third-order valence-electron chi connectivity index (χ3n) is 5.56. The van der Waals surface area contributed by atoms with Crippen molar-refractivity contribution < 1.29 is 28.7 Å². The molecule has 1 heterocycles. The first-order chi connectivity index (χ1) is 18.7. The summed E-state index contributed by atoms with van der Waals surface area (Å²) in [7, 11) is 0. The Bertz CT molecular complexity index is 1490. The van der Waals surface area contributed by atoms with E-state index in [9.17, 15) is 19.2 Å². The molecule has 1 fully saturated rings. The van der Waals surface area contributed by atoms with Gasteiger partial charge in [0.1, 0.15) is 5.57 Å². The first kappa shape index (κ1) is 28.1. The molecule has 39 heavy (non-hydrogen) atoms. The van der Waals surface area contributed by atoms with Crippen molar-refractivity contribution >= 4 is 75.4 Å². The molecule has 4 rings (SSSR count). The molecule has 1 saturated heterocycles. The Hall–Kier alpha value is -3.90. The topological polar surface area (TPSA) is 114 Å². The van der Waals surface area contributed by atoms with Crippen LogP contribution in [-0.4, -0.2) is 37.0 Å². The Morgan fingerprint density at radius 2 is 1.82 bits per heavy atom. The predicted molar refractivity (Wildman–Crippen MR) is 156 cm³/mol. The summed E-state index contributed by atoms with van der Waals surface area (Å²) >= 11 is 8.20. The third kappa shape index (κ3) is 6.58. The molecule has 0 aliphatic carbocycles. The summed E-state index contributed by atoms with van der Waals surface area (Å²) in [6.07, 6.45) is 1.36. The zero-order chi connectivity index (χ0) is 28.1. The number of nitrogens with zero attached hydrogens (tertiary/aromatic N) is 1. The van der Waals surface area contributed by atoms with E-state index in [0.29, 0.717) is 37.9 Å². The number of para-hydroxylation sites is 1. The number of barbiturate groups is 1. The van der Waals surface area contributed by atoms with Gasteiger partial charge in [-0.25, -0.2) is 9.69 Å². The number of hydrogen-bond donors (Lipinski definition) is 2. The van der Waals surface area contributed by atoms with Crippen LogP contribution in [0.3, 0.4) is 0 Å². The van der Waals surface area contributed by atoms with Crippen molar-refractivity contribution in [3.05, 3.63) is 86.0 Å². The molecule has 1 aliphatic heterocycles. The van der Waals surface area contributed by atoms with E-state index in [1.54, 1.807) is 50.2 Å². The molecule has 0 atom stereocenters. The van der Waals surface area contributed by atoms with Crippen LogP contribution in [-0.2, 0) is 14.4 Å². The van der Waals surface area contributed by atoms with Crippen molar-refractivity contribution in [2.45, 2.75) is 13.8 Å². The van der Waals surface area contributed by atoms with E-state index in [2.05, 4.69) is 10.6 Å². The van der Waals surface area contributed by atoms with Crippen LogP contribution in [0.5, 0.6) is 11.5 Å². The number of rotatable bonds is 8. The summed E-state index contributed by atoms with van der Waals surface area (Å²) in [4.78, 5) is 51.6. The van der Waals surface area contributed by atoms with E-state index in [0.717, 1.165) is 10.5 Å². The molecule has 1 aliphatic rings. The number of anilines is 2. The van der Waals surface area contributed by atoms with Crippen LogP contribution in [0.2, 0.25) is 5.02 Å². The van der Waals surface area contributed by atoms with Gasteiger partial charge in [-0.05, 0) is 90.0 Å². The Kier molecular flexibility index (Phi) is 8.87. The second kappa shape index (κ2) is 12.3. The largest absolute Gasteiger partial charge is 0.490 e. The highest BCUT2D eigenvalue weighted by atomic mass is 127. The maximum absolute atomic E-state index is 13.3. The average Bonchev–Trinajstić information content (AvgIpc) is 2.89. The van der Waals surface area contributed by atoms with Gasteiger partial charge >= 0.3 is 6.03 Å². The van der Waals surface area contributed by atoms with Crippen molar-refractivity contribution in [3.63, 3.8) is 0 Å². The molecule has 0 aromatic heterocycles. The zero-order valence-corrected chi connectivity index (χ0v) is 23.8. The van der Waals surface area contributed by atoms with Crippen LogP contribution in [0.15, 0.2) is 66.2 Å². The highest BCUT2D eigenvalue weighted by Crippen LogP contribution is 2.35. The quantitative estimate of drug-likeness (QED) is 0.192. The lowest BCUT2D eigenvalue weighted by molar-refractivity contribution is -0.122. The Labute approximate surface area is 243 Å². The summed E-state index contributed by atoms with van der Waals surface area (Å²) < 4.78 is 12.1. The van der Waals surface area contributed by atoms with Gasteiger partial charge in [0.25, 0.3) is 17.7 Å². The van der Waals surface area contributed by atoms with Gasteiger partial charge in [-0.15, -0.1) is 0 Å². The first-order valence-electron chi connectivity index (χ1n) is 11.8. The molecular formula is C28H23ClIN3O6. The molecule has 11 heteroatoms. The zero-order valence-electron chi connectivity index (χ0n) is 20.9. The average molecular weight is 660 g/mol. The maximum Gasteiger partial charge on any atom is 0.335 e. The molecule has 0 bridgehead atoms. The number of benzene rings is 3. The molecule has 5 amide bonds. The summed E-state index contributed by atoms with van der Waals surface area (Å²) in [6.45, 7) is 3.62. The van der Waals surface area contributed by atoms with Crippen molar-refractivity contribution in [1.82, 2.24) is 5.32 Å². The number of aryl methyl sites for hydroxylation is 1. The smallest absolute Gasteiger partial charge is 0.335 e. The van der Waals surface area contributed by atoms with E-state index < -0.39 is 17.8 Å². The standard InChI is InChI=1S/C28H23ClIN3O6/c1-3-38-23-13-17(12-22(30)25(23)39-15-24(34)31-18-7-5-4-6-8-18)11-20-26(35)32-28(37)33(27(20)36)19-10-9-16(2)21(29)14-19/h4-14H,3,15H2,1-2H3,(H,31,34)(H,32,35,37)/b20-11+. The molecular weight excluding hydrogens is 637 g/mol. The molecule has 0 unspecified atom stereocenters. The van der Waals surface area contributed by atoms with Gasteiger partial charge in [-0.3, -0.25) is 19.7 Å². The van der Waals surface area contributed by atoms with Crippen molar-refractivity contribution in [2.24, 2.45) is 0 Å². The van der Waals surface area contributed by atoms with Crippen LogP contribution in [0.4, 0.5) is 16.2 Å². The summed E-state index contributed by atoms with van der Waals surface area (Å²) in [5, 5.41) is 5.32. The Morgan fingerprint density at radius 1 is 1.08 bits per heavy atom. The number of halogens is 2. The number of carbonyl (C=O) groups is 4. The molecule has 3 aromatic rings. The SMILES string of the molecule is CCOc1cc(/C=C2\C(=O)NC(=O)N(c3ccc(C)c(Cl)c3)C2=O)cc(I)c1OCC(=O)Nc1ccccc1. The molecule has 3 aromatic carbocycles. The summed E-state index contributed by atoms with van der Waals surface area (Å²) in [5.41, 5.74) is 1.85. The predicted octanol–water partition coefficient (Wildman–Crippen LogP) is 5.34. The fourth-order valence-electron chi connectivity index (χ4n) is 3.71. The fourth-order valence-corrected chi connectivity index (χ4v) is 4.67. The number of carbonyl (C=O) groups excluding carboxylic acids is 4. The fraction of sp³-hybridized carbons (Fsp3) is 0.143. The lowest BCUT2D eigenvalue weighted by Gasteiger charge is -2.26. The lowest BCUT2D eigenvalue weighted by Crippen LogP contribution is -2.54. The van der Waals surface area contributed by atoms with Gasteiger partial charge in [0.05, 0.1) is 15.9 Å². The van der Waals surface area contributed by atoms with Gasteiger partial charge in [-0.2, -0.15) is 0 Å². The van der Waals surface area contributed by atoms with Gasteiger partial charge < -0.3 is 14.8 Å². The van der Waals surface area contributed by atoms with E-state index in [-0.39, 0.29) is 23.8 Å². The van der Waals surface area contributed by atoms with Crippen molar-refractivity contribution in [2.75, 3.05) is 23.4 Å². The minimum Gasteiger partial charge on any atom is -0.490 e. The van der Waals surface area contributed by atoms with E-state index >= 15 is 0 Å². The Morgan fingerprint density at radius 3 is 2.51 bits per heavy atom. The van der Waals surface area contributed by atoms with Gasteiger partial charge in [0.15, 0.2) is 18.1 Å². The monoisotopic (exact) mass is 659 g/mol. The number of hydrogen-bond acceptors (Lipinski definition) is 6. The number of ether oxygens (including phenoxy) is 2.